The average molecular weight is 260 g/mol. The average Bonchev–Trinajstić information content (AvgIpc) is 2.72. The van der Waals surface area contributed by atoms with E-state index in [-0.39, 0.29) is 11.5 Å². The van der Waals surface area contributed by atoms with E-state index in [4.69, 9.17) is 0 Å². The highest BCUT2D eigenvalue weighted by molar-refractivity contribution is 6.23. The quantitative estimate of drug-likeness (QED) is 0.799. The zero-order chi connectivity index (χ0) is 14.2. The third-order valence-electron chi connectivity index (χ3n) is 3.01. The predicted octanol–water partition coefficient (Wildman–Crippen LogP) is 0.809. The maximum Gasteiger partial charge on any atom is 0.275 e. The molecule has 1 aromatic heterocycles. The Balaban J connectivity index is 2.28. The highest BCUT2D eigenvalue weighted by atomic mass is 16.2. The first kappa shape index (κ1) is 13.1. The van der Waals surface area contributed by atoms with Crippen molar-refractivity contribution < 1.29 is 4.79 Å². The number of aromatic amines is 1. The second kappa shape index (κ2) is 4.72. The van der Waals surface area contributed by atoms with Gasteiger partial charge in [-0.25, -0.2) is 5.01 Å². The van der Waals surface area contributed by atoms with Crippen LogP contribution in [0.3, 0.4) is 0 Å². The lowest BCUT2D eigenvalue weighted by Gasteiger charge is -2.00. The molecule has 0 fully saturated rings. The number of carbonyl (C=O) groups excluding carboxylic acids is 1. The number of aromatic nitrogens is 2. The van der Waals surface area contributed by atoms with Gasteiger partial charge < -0.3 is 0 Å². The van der Waals surface area contributed by atoms with Gasteiger partial charge in [0.05, 0.1) is 16.8 Å². The van der Waals surface area contributed by atoms with Crippen LogP contribution in [0.2, 0.25) is 0 Å². The van der Waals surface area contributed by atoms with E-state index in [0.29, 0.717) is 16.8 Å². The summed E-state index contributed by atoms with van der Waals surface area (Å²) in [5.41, 5.74) is 2.52. The van der Waals surface area contributed by atoms with Crippen LogP contribution in [-0.2, 0) is 11.8 Å². The number of hydrazone groups is 1. The summed E-state index contributed by atoms with van der Waals surface area (Å²) in [5, 5.41) is 8.26. The number of H-pyrrole nitrogens is 1. The molecule has 0 unspecified atom stereocenters. The normalized spacial score (nSPS) is 17.9. The van der Waals surface area contributed by atoms with Gasteiger partial charge in [-0.15, -0.1) is 0 Å². The Labute approximate surface area is 110 Å². The van der Waals surface area contributed by atoms with Crippen LogP contribution < -0.4 is 5.56 Å². The largest absolute Gasteiger partial charge is 0.300 e. The first-order valence-electron chi connectivity index (χ1n) is 5.89. The molecule has 100 valence electrons. The van der Waals surface area contributed by atoms with Crippen LogP contribution in [0, 0.1) is 6.92 Å². The number of nitrogens with one attached hydrogen (secondary N) is 1. The van der Waals surface area contributed by atoms with Crippen LogP contribution in [0.25, 0.3) is 6.08 Å². The lowest BCUT2D eigenvalue weighted by molar-refractivity contribution is -0.124. The Kier molecular flexibility index (Phi) is 3.25. The van der Waals surface area contributed by atoms with E-state index in [1.807, 2.05) is 6.92 Å². The van der Waals surface area contributed by atoms with Crippen molar-refractivity contribution >= 4 is 17.7 Å². The molecule has 1 aliphatic heterocycles. The number of rotatable bonds is 2. The molecule has 0 saturated heterocycles. The van der Waals surface area contributed by atoms with Gasteiger partial charge in [-0.1, -0.05) is 6.08 Å². The Morgan fingerprint density at radius 2 is 1.89 bits per heavy atom. The molecule has 1 amide bonds. The molecule has 1 aliphatic rings. The minimum atomic E-state index is -0.138. The van der Waals surface area contributed by atoms with E-state index >= 15 is 0 Å². The number of allylic oxidation sites excluding steroid dienone is 2. The van der Waals surface area contributed by atoms with Gasteiger partial charge in [0.15, 0.2) is 0 Å². The summed E-state index contributed by atoms with van der Waals surface area (Å²) in [4.78, 5) is 23.5. The van der Waals surface area contributed by atoms with E-state index in [1.165, 1.54) is 9.69 Å². The lowest BCUT2D eigenvalue weighted by atomic mass is 10.1. The van der Waals surface area contributed by atoms with Crippen molar-refractivity contribution in [2.24, 2.45) is 12.1 Å². The van der Waals surface area contributed by atoms with E-state index in [9.17, 15) is 9.59 Å². The summed E-state index contributed by atoms with van der Waals surface area (Å²) in [6, 6.07) is 0. The molecule has 0 aromatic carbocycles. The summed E-state index contributed by atoms with van der Waals surface area (Å²) in [5.74, 6) is -0.138. The number of likely N-dealkylation sites (N-methyl/N-ethyl adjacent to an activating group) is 1. The summed E-state index contributed by atoms with van der Waals surface area (Å²) in [6.45, 7) is 3.61. The molecule has 0 saturated carbocycles. The van der Waals surface area contributed by atoms with Gasteiger partial charge in [0.25, 0.3) is 11.5 Å². The van der Waals surface area contributed by atoms with Gasteiger partial charge >= 0.3 is 0 Å². The van der Waals surface area contributed by atoms with E-state index in [1.54, 1.807) is 39.2 Å². The lowest BCUT2D eigenvalue weighted by Crippen LogP contribution is -2.16. The first-order valence-corrected chi connectivity index (χ1v) is 5.89. The van der Waals surface area contributed by atoms with E-state index in [2.05, 4.69) is 10.2 Å². The molecular weight excluding hydrogens is 244 g/mol. The molecule has 6 nitrogen and oxygen atoms in total. The summed E-state index contributed by atoms with van der Waals surface area (Å²) in [6.07, 6.45) is 5.07. The summed E-state index contributed by atoms with van der Waals surface area (Å²) in [7, 11) is 3.28. The van der Waals surface area contributed by atoms with Crippen molar-refractivity contribution in [3.63, 3.8) is 0 Å². The molecule has 1 N–H and O–H groups in total. The fourth-order valence-corrected chi connectivity index (χ4v) is 1.99. The number of hydrogen-bond donors (Lipinski definition) is 1. The molecule has 2 rings (SSSR count). The van der Waals surface area contributed by atoms with Crippen LogP contribution in [0.15, 0.2) is 27.6 Å². The highest BCUT2D eigenvalue weighted by Crippen LogP contribution is 2.13. The fraction of sp³-hybridized carbons (Fsp3) is 0.308. The van der Waals surface area contributed by atoms with Gasteiger partial charge in [0.1, 0.15) is 0 Å². The number of amides is 1. The first-order chi connectivity index (χ1) is 8.91. The summed E-state index contributed by atoms with van der Waals surface area (Å²) < 4.78 is 1.42. The molecule has 0 atom stereocenters. The number of carbonyl (C=O) groups is 1. The van der Waals surface area contributed by atoms with Crippen molar-refractivity contribution in [2.75, 3.05) is 7.05 Å². The smallest absolute Gasteiger partial charge is 0.275 e. The summed E-state index contributed by atoms with van der Waals surface area (Å²) >= 11 is 0. The molecule has 0 radical (unpaired) electrons. The number of nitrogens with zero attached hydrogens (tertiary/aromatic N) is 3. The van der Waals surface area contributed by atoms with Crippen LogP contribution in [0.4, 0.5) is 0 Å². The standard InChI is InChI=1S/C13H16N4O2/c1-8-10(12(18)16(3)14-8)6-5-7-11-9(2)15-17(4)13(11)19/h5-7,14H,1-4H3/b6-5+,11-7+. The number of aryl methyl sites for hydroxylation is 2. The van der Waals surface area contributed by atoms with Crippen LogP contribution in [0.5, 0.6) is 0 Å². The Morgan fingerprint density at radius 1 is 1.21 bits per heavy atom. The molecule has 2 heterocycles. The number of hydrogen-bond acceptors (Lipinski definition) is 3. The maximum atomic E-state index is 11.8. The topological polar surface area (TPSA) is 70.5 Å². The van der Waals surface area contributed by atoms with Crippen LogP contribution in [0.1, 0.15) is 18.2 Å². The second-order valence-electron chi connectivity index (χ2n) is 4.47. The van der Waals surface area contributed by atoms with Crippen molar-refractivity contribution in [1.82, 2.24) is 14.8 Å². The van der Waals surface area contributed by atoms with Gasteiger partial charge in [-0.05, 0) is 26.0 Å². The van der Waals surface area contributed by atoms with Gasteiger partial charge in [0.2, 0.25) is 0 Å². The highest BCUT2D eigenvalue weighted by Gasteiger charge is 2.23. The minimum Gasteiger partial charge on any atom is -0.300 e. The Bertz CT molecular complexity index is 673. The van der Waals surface area contributed by atoms with Crippen LogP contribution >= 0.6 is 0 Å². The van der Waals surface area contributed by atoms with Crippen molar-refractivity contribution in [3.05, 3.63) is 39.3 Å². The van der Waals surface area contributed by atoms with Gasteiger partial charge in [0, 0.05) is 19.8 Å². The van der Waals surface area contributed by atoms with Gasteiger partial charge in [-0.2, -0.15) is 5.10 Å². The van der Waals surface area contributed by atoms with Crippen LogP contribution in [-0.4, -0.2) is 33.5 Å². The Hall–Kier alpha value is -2.37. The third-order valence-corrected chi connectivity index (χ3v) is 3.01. The monoisotopic (exact) mass is 260 g/mol. The molecule has 6 heteroatoms. The fourth-order valence-electron chi connectivity index (χ4n) is 1.99. The van der Waals surface area contributed by atoms with Crippen molar-refractivity contribution in [1.29, 1.82) is 0 Å². The molecule has 1 aromatic rings. The zero-order valence-corrected chi connectivity index (χ0v) is 11.4. The second-order valence-corrected chi connectivity index (χ2v) is 4.47. The molecule has 0 bridgehead atoms. The molecule has 0 aliphatic carbocycles. The van der Waals surface area contributed by atoms with E-state index < -0.39 is 0 Å². The third kappa shape index (κ3) is 2.29. The van der Waals surface area contributed by atoms with Gasteiger partial charge in [-0.3, -0.25) is 19.4 Å². The zero-order valence-electron chi connectivity index (χ0n) is 11.4. The van der Waals surface area contributed by atoms with Crippen molar-refractivity contribution in [2.45, 2.75) is 13.8 Å². The Morgan fingerprint density at radius 3 is 2.37 bits per heavy atom. The van der Waals surface area contributed by atoms with Crippen molar-refractivity contribution in [3.8, 4) is 0 Å². The minimum absolute atomic E-state index is 0.0904. The molecule has 0 spiro atoms. The SMILES string of the molecule is CC1=NN(C)C(=O)/C1=C/C=C/c1c(C)[nH]n(C)c1=O. The molecular formula is C13H16N4O2. The van der Waals surface area contributed by atoms with E-state index in [0.717, 1.165) is 5.69 Å². The predicted molar refractivity (Wildman–Crippen MR) is 73.8 cm³/mol. The maximum absolute atomic E-state index is 11.8. The molecule has 19 heavy (non-hydrogen) atoms.